The highest BCUT2D eigenvalue weighted by molar-refractivity contribution is 5.96. The lowest BCUT2D eigenvalue weighted by molar-refractivity contribution is 0.889. The van der Waals surface area contributed by atoms with Crippen LogP contribution in [0.4, 0.5) is 0 Å². The average Bonchev–Trinajstić information content (AvgIpc) is 2.12. The Bertz CT molecular complexity index is 225. The van der Waals surface area contributed by atoms with Gasteiger partial charge in [0.05, 0.1) is 5.71 Å². The first-order valence-electron chi connectivity index (χ1n) is 3.46. The van der Waals surface area contributed by atoms with Crippen molar-refractivity contribution < 1.29 is 0 Å². The van der Waals surface area contributed by atoms with Crippen LogP contribution in [0.1, 0.15) is 13.8 Å². The first-order chi connectivity index (χ1) is 4.80. The third-order valence-corrected chi connectivity index (χ3v) is 1.32. The van der Waals surface area contributed by atoms with Crippen LogP contribution in [-0.2, 0) is 0 Å². The maximum Gasteiger partial charge on any atom is 0.0505 e. The summed E-state index contributed by atoms with van der Waals surface area (Å²) in [5, 5.41) is 0. The molecule has 0 aromatic rings. The Morgan fingerprint density at radius 3 is 3.00 bits per heavy atom. The fourth-order valence-electron chi connectivity index (χ4n) is 0.714. The molecule has 52 valence electrons. The minimum atomic E-state index is 0.489. The van der Waals surface area contributed by atoms with Gasteiger partial charge in [0.25, 0.3) is 0 Å². The Labute approximate surface area is 61.5 Å². The van der Waals surface area contributed by atoms with Crippen molar-refractivity contribution in [2.45, 2.75) is 13.8 Å². The summed E-state index contributed by atoms with van der Waals surface area (Å²) >= 11 is 0. The van der Waals surface area contributed by atoms with Crippen molar-refractivity contribution in [2.24, 2.45) is 10.9 Å². The van der Waals surface area contributed by atoms with Gasteiger partial charge in [-0.3, -0.25) is 4.99 Å². The van der Waals surface area contributed by atoms with E-state index in [2.05, 4.69) is 24.6 Å². The topological polar surface area (TPSA) is 12.4 Å². The molecule has 0 bridgehead atoms. The molecular weight excluding hydrogens is 122 g/mol. The third kappa shape index (κ3) is 1.71. The Morgan fingerprint density at radius 2 is 2.30 bits per heavy atom. The third-order valence-electron chi connectivity index (χ3n) is 1.32. The minimum absolute atomic E-state index is 0.489. The van der Waals surface area contributed by atoms with Crippen LogP contribution in [0.5, 0.6) is 0 Å². The summed E-state index contributed by atoms with van der Waals surface area (Å²) in [5.74, 6) is 0.489. The van der Waals surface area contributed by atoms with Crippen molar-refractivity contribution in [3.8, 4) is 0 Å². The van der Waals surface area contributed by atoms with Crippen molar-refractivity contribution in [1.82, 2.24) is 0 Å². The first-order valence-corrected chi connectivity index (χ1v) is 3.46. The van der Waals surface area contributed by atoms with Crippen molar-refractivity contribution >= 4 is 5.71 Å². The van der Waals surface area contributed by atoms with Gasteiger partial charge in [0.15, 0.2) is 0 Å². The zero-order valence-corrected chi connectivity index (χ0v) is 6.33. The van der Waals surface area contributed by atoms with Crippen molar-refractivity contribution in [3.05, 3.63) is 30.2 Å². The van der Waals surface area contributed by atoms with E-state index in [0.717, 1.165) is 5.71 Å². The number of allylic oxidation sites excluding steroid dienone is 2. The number of hydrogen-bond donors (Lipinski definition) is 0. The zero-order valence-electron chi connectivity index (χ0n) is 6.33. The fraction of sp³-hybridized carbons (Fsp3) is 0.333. The monoisotopic (exact) mass is 133 g/mol. The van der Waals surface area contributed by atoms with Crippen LogP contribution in [0.2, 0.25) is 0 Å². The van der Waals surface area contributed by atoms with Crippen LogP contribution in [0.15, 0.2) is 35.2 Å². The number of hydrogen-bond acceptors (Lipinski definition) is 1. The van der Waals surface area contributed by atoms with Crippen molar-refractivity contribution in [3.63, 3.8) is 0 Å². The van der Waals surface area contributed by atoms with Gasteiger partial charge in [-0.2, -0.15) is 0 Å². The van der Waals surface area contributed by atoms with E-state index in [1.807, 2.05) is 18.2 Å². The lowest BCUT2D eigenvalue weighted by Crippen LogP contribution is -2.01. The summed E-state index contributed by atoms with van der Waals surface area (Å²) in [7, 11) is 0. The summed E-state index contributed by atoms with van der Waals surface area (Å²) in [6.45, 7) is 4.24. The average molecular weight is 133 g/mol. The molecule has 0 amide bonds. The molecule has 1 rings (SSSR count). The van der Waals surface area contributed by atoms with Gasteiger partial charge in [0.1, 0.15) is 0 Å². The molecule has 0 atom stereocenters. The van der Waals surface area contributed by atoms with Gasteiger partial charge in [-0.25, -0.2) is 0 Å². The first kappa shape index (κ1) is 7.04. The molecule has 0 radical (unpaired) electrons. The van der Waals surface area contributed by atoms with Crippen molar-refractivity contribution in [1.29, 1.82) is 0 Å². The zero-order chi connectivity index (χ0) is 7.40. The van der Waals surface area contributed by atoms with E-state index in [1.165, 1.54) is 0 Å². The van der Waals surface area contributed by atoms with Crippen LogP contribution in [-0.4, -0.2) is 5.71 Å². The molecule has 0 unspecified atom stereocenters. The van der Waals surface area contributed by atoms with Crippen LogP contribution >= 0.6 is 0 Å². The summed E-state index contributed by atoms with van der Waals surface area (Å²) in [5.41, 5.74) is 4.10. The molecule has 0 spiro atoms. The van der Waals surface area contributed by atoms with E-state index in [-0.39, 0.29) is 0 Å². The molecule has 1 nitrogen and oxygen atoms in total. The summed E-state index contributed by atoms with van der Waals surface area (Å²) < 4.78 is 0. The lowest BCUT2D eigenvalue weighted by Gasteiger charge is -1.99. The molecule has 0 N–H and O–H groups in total. The second kappa shape index (κ2) is 3.19. The van der Waals surface area contributed by atoms with E-state index < -0.39 is 0 Å². The van der Waals surface area contributed by atoms with Gasteiger partial charge < -0.3 is 0 Å². The predicted octanol–water partition coefficient (Wildman–Crippen LogP) is 2.32. The molecule has 1 aliphatic rings. The molecule has 0 fully saturated rings. The van der Waals surface area contributed by atoms with E-state index in [0.29, 0.717) is 5.92 Å². The van der Waals surface area contributed by atoms with E-state index in [9.17, 15) is 0 Å². The normalized spacial score (nSPS) is 15.7. The predicted molar refractivity (Wildman–Crippen MR) is 44.1 cm³/mol. The Balaban J connectivity index is 2.86. The second-order valence-electron chi connectivity index (χ2n) is 2.53. The molecule has 0 saturated carbocycles. The quantitative estimate of drug-likeness (QED) is 0.487. The number of nitrogens with zero attached hydrogens (tertiary/aromatic N) is 1. The van der Waals surface area contributed by atoms with Gasteiger partial charge in [-0.1, -0.05) is 13.8 Å². The number of rotatable bonds is 1. The Kier molecular flexibility index (Phi) is 2.24. The van der Waals surface area contributed by atoms with Crippen LogP contribution in [0.25, 0.3) is 0 Å². The molecule has 0 aliphatic carbocycles. The molecule has 0 saturated heterocycles. The minimum Gasteiger partial charge on any atom is -0.260 e. The maximum atomic E-state index is 4.21. The second-order valence-corrected chi connectivity index (χ2v) is 2.53. The van der Waals surface area contributed by atoms with E-state index >= 15 is 0 Å². The number of aliphatic imine (C=N–C) groups is 1. The summed E-state index contributed by atoms with van der Waals surface area (Å²) in [6, 6.07) is 0. The van der Waals surface area contributed by atoms with E-state index in [1.54, 1.807) is 6.20 Å². The van der Waals surface area contributed by atoms with Crippen LogP contribution in [0, 0.1) is 5.92 Å². The van der Waals surface area contributed by atoms with E-state index in [4.69, 9.17) is 0 Å². The smallest absolute Gasteiger partial charge is 0.0505 e. The Hall–Kier alpha value is -1.07. The summed E-state index contributed by atoms with van der Waals surface area (Å²) in [6.07, 6.45) is 7.46. The van der Waals surface area contributed by atoms with Crippen LogP contribution < -0.4 is 0 Å². The molecule has 0 aromatic heterocycles. The highest BCUT2D eigenvalue weighted by Gasteiger charge is 1.98. The molecule has 1 aliphatic heterocycles. The van der Waals surface area contributed by atoms with Gasteiger partial charge in [0.2, 0.25) is 0 Å². The van der Waals surface area contributed by atoms with Gasteiger partial charge >= 0.3 is 0 Å². The fourth-order valence-corrected chi connectivity index (χ4v) is 0.714. The molecule has 0 aromatic carbocycles. The maximum absolute atomic E-state index is 4.21. The SMILES string of the molecule is CC(C)C1=NC=CC=C=C1. The standard InChI is InChI=1S/C9H11N/c1-8(2)9-6-4-3-5-7-10-9/h3,5-8H,1-2H3. The Morgan fingerprint density at radius 1 is 1.50 bits per heavy atom. The molecule has 1 heteroatoms. The highest BCUT2D eigenvalue weighted by atomic mass is 14.7. The lowest BCUT2D eigenvalue weighted by atomic mass is 10.1. The highest BCUT2D eigenvalue weighted by Crippen LogP contribution is 2.00. The van der Waals surface area contributed by atoms with Gasteiger partial charge in [0, 0.05) is 12.3 Å². The molecular formula is C9H11N. The molecule has 1 heterocycles. The van der Waals surface area contributed by atoms with Gasteiger partial charge in [-0.15, -0.1) is 5.73 Å². The van der Waals surface area contributed by atoms with Crippen LogP contribution in [0.3, 0.4) is 0 Å². The summed E-state index contributed by atoms with van der Waals surface area (Å²) in [4.78, 5) is 4.21. The van der Waals surface area contributed by atoms with Crippen molar-refractivity contribution in [2.75, 3.05) is 0 Å². The largest absolute Gasteiger partial charge is 0.260 e. The molecule has 10 heavy (non-hydrogen) atoms. The van der Waals surface area contributed by atoms with Gasteiger partial charge in [-0.05, 0) is 18.1 Å².